The molecule has 0 spiro atoms. The maximum atomic E-state index is 2.62. The van der Waals surface area contributed by atoms with Gasteiger partial charge >= 0.3 is 0 Å². The Labute approximate surface area is 128 Å². The zero-order chi connectivity index (χ0) is 16.0. The Morgan fingerprint density at radius 1 is 0.750 bits per heavy atom. The first-order chi connectivity index (χ1) is 8.59. The molecule has 0 heteroatoms. The summed E-state index contributed by atoms with van der Waals surface area (Å²) in [6.07, 6.45) is 2.83. The highest BCUT2D eigenvalue weighted by molar-refractivity contribution is 5.26. The summed E-state index contributed by atoms with van der Waals surface area (Å²) in [5, 5.41) is 0. The van der Waals surface area contributed by atoms with Crippen molar-refractivity contribution in [1.82, 2.24) is 0 Å². The molecule has 0 N–H and O–H groups in total. The lowest BCUT2D eigenvalue weighted by atomic mass is 9.39. The first-order valence-electron chi connectivity index (χ1n) is 8.59. The minimum atomic E-state index is 0.310. The van der Waals surface area contributed by atoms with Gasteiger partial charge in [0.1, 0.15) is 0 Å². The second-order valence-corrected chi connectivity index (χ2v) is 10.9. The fraction of sp³-hybridized carbons (Fsp3) is 1.00. The van der Waals surface area contributed by atoms with Crippen LogP contribution in [-0.2, 0) is 0 Å². The van der Waals surface area contributed by atoms with Crippen LogP contribution in [0.3, 0.4) is 0 Å². The highest BCUT2D eigenvalue weighted by atomic mass is 14.8. The lowest BCUT2D eigenvalue weighted by Crippen LogP contribution is -2.59. The van der Waals surface area contributed by atoms with E-state index in [9.17, 15) is 0 Å². The van der Waals surface area contributed by atoms with Crippen molar-refractivity contribution in [3.05, 3.63) is 0 Å². The van der Waals surface area contributed by atoms with E-state index in [4.69, 9.17) is 0 Å². The molecule has 20 heavy (non-hydrogen) atoms. The van der Waals surface area contributed by atoms with Crippen LogP contribution >= 0.6 is 0 Å². The summed E-state index contributed by atoms with van der Waals surface area (Å²) in [5.41, 5.74) is 2.28. The van der Waals surface area contributed by atoms with E-state index >= 15 is 0 Å². The molecule has 2 fully saturated rings. The Morgan fingerprint density at radius 2 is 1.20 bits per heavy atom. The van der Waals surface area contributed by atoms with E-state index in [2.05, 4.69) is 76.2 Å². The standard InChI is InChI=1S/C20H38/c1-15(2,3)18(8,9)20(11)17(6,7)14-12-13-19(20,10)16(14,4)5/h14H,12-13H2,1-11H3/t14-,19+,20?/m1/s1. The van der Waals surface area contributed by atoms with Gasteiger partial charge in [-0.15, -0.1) is 0 Å². The fourth-order valence-electron chi connectivity index (χ4n) is 6.96. The molecule has 2 bridgehead atoms. The predicted molar refractivity (Wildman–Crippen MR) is 89.7 cm³/mol. The largest absolute Gasteiger partial charge is 0.0596 e. The normalized spacial score (nSPS) is 43.0. The molecule has 0 aromatic rings. The Kier molecular flexibility index (Phi) is 3.00. The number of rotatable bonds is 1. The smallest absolute Gasteiger partial charge is 0.0156 e. The molecule has 0 aromatic carbocycles. The average Bonchev–Trinajstić information content (AvgIpc) is 2.51. The minimum Gasteiger partial charge on any atom is -0.0596 e. The van der Waals surface area contributed by atoms with Gasteiger partial charge in [0.05, 0.1) is 0 Å². The second-order valence-electron chi connectivity index (χ2n) is 10.9. The van der Waals surface area contributed by atoms with E-state index in [0.717, 1.165) is 5.92 Å². The van der Waals surface area contributed by atoms with Gasteiger partial charge in [0.2, 0.25) is 0 Å². The van der Waals surface area contributed by atoms with Crippen LogP contribution in [0.1, 0.15) is 89.0 Å². The maximum absolute atomic E-state index is 2.62. The Morgan fingerprint density at radius 3 is 1.50 bits per heavy atom. The molecule has 2 saturated carbocycles. The van der Waals surface area contributed by atoms with E-state index in [1.807, 2.05) is 0 Å². The monoisotopic (exact) mass is 278 g/mol. The number of fused-ring (bicyclic) bond motifs is 2. The Bertz CT molecular complexity index is 418. The molecule has 0 aromatic heterocycles. The zero-order valence-electron chi connectivity index (χ0n) is 16.0. The van der Waals surface area contributed by atoms with Gasteiger partial charge < -0.3 is 0 Å². The third kappa shape index (κ3) is 1.31. The van der Waals surface area contributed by atoms with E-state index in [1.165, 1.54) is 12.8 Å². The Balaban J connectivity index is 2.74. The van der Waals surface area contributed by atoms with Crippen LogP contribution in [0.4, 0.5) is 0 Å². The first-order valence-corrected chi connectivity index (χ1v) is 8.59. The van der Waals surface area contributed by atoms with E-state index in [0.29, 0.717) is 32.5 Å². The van der Waals surface area contributed by atoms with Gasteiger partial charge in [0.25, 0.3) is 0 Å². The van der Waals surface area contributed by atoms with Crippen molar-refractivity contribution in [2.24, 2.45) is 38.4 Å². The minimum absolute atomic E-state index is 0.310. The Hall–Kier alpha value is 0. The van der Waals surface area contributed by atoms with Crippen LogP contribution in [-0.4, -0.2) is 0 Å². The molecular formula is C20H38. The first kappa shape index (κ1) is 16.4. The van der Waals surface area contributed by atoms with Gasteiger partial charge in [-0.05, 0) is 51.2 Å². The van der Waals surface area contributed by atoms with E-state index < -0.39 is 0 Å². The van der Waals surface area contributed by atoms with Crippen molar-refractivity contribution >= 4 is 0 Å². The molecule has 0 heterocycles. The summed E-state index contributed by atoms with van der Waals surface area (Å²) in [6.45, 7) is 27.9. The van der Waals surface area contributed by atoms with Crippen LogP contribution in [0.15, 0.2) is 0 Å². The molecule has 0 aliphatic heterocycles. The molecule has 3 atom stereocenters. The highest BCUT2D eigenvalue weighted by Crippen LogP contribution is 2.84. The van der Waals surface area contributed by atoms with Crippen molar-refractivity contribution < 1.29 is 0 Å². The topological polar surface area (TPSA) is 0 Å². The molecule has 2 rings (SSSR count). The zero-order valence-corrected chi connectivity index (χ0v) is 16.0. The van der Waals surface area contributed by atoms with Gasteiger partial charge in [-0.25, -0.2) is 0 Å². The van der Waals surface area contributed by atoms with Gasteiger partial charge in [-0.2, -0.15) is 0 Å². The van der Waals surface area contributed by atoms with E-state index in [-0.39, 0.29) is 0 Å². The van der Waals surface area contributed by atoms with Crippen LogP contribution in [0.2, 0.25) is 0 Å². The molecule has 0 nitrogen and oxygen atoms in total. The van der Waals surface area contributed by atoms with Crippen LogP contribution < -0.4 is 0 Å². The molecule has 2 aliphatic carbocycles. The van der Waals surface area contributed by atoms with Gasteiger partial charge in [0, 0.05) is 0 Å². The molecule has 1 unspecified atom stereocenters. The predicted octanol–water partition coefficient (Wildman–Crippen LogP) is 6.55. The number of hydrogen-bond donors (Lipinski definition) is 0. The quantitative estimate of drug-likeness (QED) is 0.510. The van der Waals surface area contributed by atoms with Gasteiger partial charge in [-0.1, -0.05) is 76.2 Å². The van der Waals surface area contributed by atoms with Crippen LogP contribution in [0.25, 0.3) is 0 Å². The van der Waals surface area contributed by atoms with Crippen LogP contribution in [0, 0.1) is 38.4 Å². The van der Waals surface area contributed by atoms with Gasteiger partial charge in [0.15, 0.2) is 0 Å². The van der Waals surface area contributed by atoms with E-state index in [1.54, 1.807) is 0 Å². The summed E-state index contributed by atoms with van der Waals surface area (Å²) in [7, 11) is 0. The SMILES string of the molecule is CC(C)(C)C(C)(C)C1(C)C(C)(C)[C@@H]2CC[C@@]1(C)C2(C)C. The van der Waals surface area contributed by atoms with Crippen molar-refractivity contribution in [3.63, 3.8) is 0 Å². The third-order valence-corrected chi connectivity index (χ3v) is 9.61. The summed E-state index contributed by atoms with van der Waals surface area (Å²) in [6, 6.07) is 0. The summed E-state index contributed by atoms with van der Waals surface area (Å²) < 4.78 is 0. The maximum Gasteiger partial charge on any atom is -0.0156 e. The molecule has 2 aliphatic rings. The highest BCUT2D eigenvalue weighted by Gasteiger charge is 2.78. The molecule has 0 radical (unpaired) electrons. The lowest BCUT2D eigenvalue weighted by Gasteiger charge is -2.65. The molecule has 0 amide bonds. The summed E-state index contributed by atoms with van der Waals surface area (Å²) >= 11 is 0. The fourth-order valence-corrected chi connectivity index (χ4v) is 6.96. The van der Waals surface area contributed by atoms with Gasteiger partial charge in [-0.3, -0.25) is 0 Å². The third-order valence-electron chi connectivity index (χ3n) is 9.61. The molecule has 0 saturated heterocycles. The van der Waals surface area contributed by atoms with Crippen molar-refractivity contribution in [3.8, 4) is 0 Å². The molecule has 118 valence electrons. The summed E-state index contributed by atoms with van der Waals surface area (Å²) in [4.78, 5) is 0. The average molecular weight is 279 g/mol. The van der Waals surface area contributed by atoms with Crippen molar-refractivity contribution in [1.29, 1.82) is 0 Å². The van der Waals surface area contributed by atoms with Crippen molar-refractivity contribution in [2.45, 2.75) is 89.0 Å². The lowest BCUT2D eigenvalue weighted by molar-refractivity contribution is -0.172. The second kappa shape index (κ2) is 3.66. The van der Waals surface area contributed by atoms with Crippen LogP contribution in [0.5, 0.6) is 0 Å². The number of hydrogen-bond acceptors (Lipinski definition) is 0. The van der Waals surface area contributed by atoms with Crippen molar-refractivity contribution in [2.75, 3.05) is 0 Å². The summed E-state index contributed by atoms with van der Waals surface area (Å²) in [5.74, 6) is 0.853. The molecular weight excluding hydrogens is 240 g/mol.